The van der Waals surface area contributed by atoms with E-state index in [4.69, 9.17) is 9.84 Å². The standard InChI is InChI=1S/C22H21F3N2O5/c1-12(18(28)27-21(2,19(29)30)22(23,24)25)26-20(31)32-11-17-15-9-5-3-7-13(15)14-8-4-6-10-16(14)17/h3-10,12,17H,11H2,1-2H3,(H,26,31)(H,27,28)(H,29,30)/t12-,21?/m0/s1. The first-order chi connectivity index (χ1) is 15.0. The summed E-state index contributed by atoms with van der Waals surface area (Å²) in [5, 5.41) is 12.5. The molecular formula is C22H21F3N2O5. The minimum atomic E-state index is -5.24. The van der Waals surface area contributed by atoms with Crippen LogP contribution in [-0.4, -0.2) is 47.4 Å². The van der Waals surface area contributed by atoms with Crippen LogP contribution in [0.1, 0.15) is 30.9 Å². The van der Waals surface area contributed by atoms with Crippen molar-refractivity contribution in [3.05, 3.63) is 59.7 Å². The summed E-state index contributed by atoms with van der Waals surface area (Å²) < 4.78 is 44.4. The van der Waals surface area contributed by atoms with Crippen molar-refractivity contribution in [2.45, 2.75) is 37.5 Å². The first-order valence-electron chi connectivity index (χ1n) is 9.69. The van der Waals surface area contributed by atoms with Crippen LogP contribution in [0, 0.1) is 0 Å². The molecule has 2 amide bonds. The second kappa shape index (κ2) is 8.52. The lowest BCUT2D eigenvalue weighted by Gasteiger charge is -2.29. The second-order valence-electron chi connectivity index (χ2n) is 7.61. The zero-order valence-corrected chi connectivity index (χ0v) is 17.2. The van der Waals surface area contributed by atoms with Crippen molar-refractivity contribution >= 4 is 18.0 Å². The number of carbonyl (C=O) groups excluding carboxylic acids is 2. The number of hydrogen-bond donors (Lipinski definition) is 3. The van der Waals surface area contributed by atoms with Crippen LogP contribution >= 0.6 is 0 Å². The number of alkyl carbamates (subject to hydrolysis) is 1. The van der Waals surface area contributed by atoms with Crippen LogP contribution in [0.15, 0.2) is 48.5 Å². The number of carboxylic acids is 1. The van der Waals surface area contributed by atoms with Crippen molar-refractivity contribution in [1.82, 2.24) is 10.6 Å². The smallest absolute Gasteiger partial charge is 0.422 e. The van der Waals surface area contributed by atoms with Crippen molar-refractivity contribution in [3.8, 4) is 11.1 Å². The second-order valence-corrected chi connectivity index (χ2v) is 7.61. The molecule has 2 aromatic carbocycles. The van der Waals surface area contributed by atoms with E-state index in [2.05, 4.69) is 5.32 Å². The molecule has 1 aliphatic carbocycles. The normalized spacial score (nSPS) is 15.7. The zero-order valence-electron chi connectivity index (χ0n) is 17.2. The molecule has 0 radical (unpaired) electrons. The highest BCUT2D eigenvalue weighted by Crippen LogP contribution is 2.44. The third kappa shape index (κ3) is 4.25. The molecule has 0 saturated carbocycles. The molecule has 0 saturated heterocycles. The number of nitrogens with one attached hydrogen (secondary N) is 2. The first kappa shape index (κ1) is 23.1. The first-order valence-corrected chi connectivity index (χ1v) is 9.69. The van der Waals surface area contributed by atoms with Gasteiger partial charge in [0.15, 0.2) is 0 Å². The number of aliphatic carboxylic acids is 1. The highest BCUT2D eigenvalue weighted by atomic mass is 19.4. The van der Waals surface area contributed by atoms with E-state index in [-0.39, 0.29) is 12.5 Å². The topological polar surface area (TPSA) is 105 Å². The largest absolute Gasteiger partial charge is 0.479 e. The molecule has 0 aliphatic heterocycles. The van der Waals surface area contributed by atoms with Gasteiger partial charge in [-0.05, 0) is 36.1 Å². The molecule has 7 nitrogen and oxygen atoms in total. The maximum atomic E-state index is 13.1. The van der Waals surface area contributed by atoms with E-state index in [0.717, 1.165) is 29.2 Å². The molecule has 0 bridgehead atoms. The van der Waals surface area contributed by atoms with Crippen molar-refractivity contribution < 1.29 is 37.4 Å². The molecule has 2 atom stereocenters. The van der Waals surface area contributed by atoms with E-state index >= 15 is 0 Å². The highest BCUT2D eigenvalue weighted by Gasteiger charge is 2.58. The van der Waals surface area contributed by atoms with E-state index in [0.29, 0.717) is 6.92 Å². The minimum absolute atomic E-state index is 0.0520. The van der Waals surface area contributed by atoms with Crippen LogP contribution in [0.25, 0.3) is 11.1 Å². The minimum Gasteiger partial charge on any atom is -0.479 e. The van der Waals surface area contributed by atoms with E-state index in [1.165, 1.54) is 5.32 Å². The Hall–Kier alpha value is -3.56. The Morgan fingerprint density at radius 2 is 1.53 bits per heavy atom. The summed E-state index contributed by atoms with van der Waals surface area (Å²) in [6.45, 7) is 1.40. The van der Waals surface area contributed by atoms with Gasteiger partial charge in [0.1, 0.15) is 12.6 Å². The predicted octanol–water partition coefficient (Wildman–Crippen LogP) is 3.44. The lowest BCUT2D eigenvalue weighted by atomic mass is 9.98. The molecule has 10 heteroatoms. The monoisotopic (exact) mass is 450 g/mol. The van der Waals surface area contributed by atoms with Crippen LogP contribution in [0.5, 0.6) is 0 Å². The van der Waals surface area contributed by atoms with Gasteiger partial charge in [-0.1, -0.05) is 48.5 Å². The van der Waals surface area contributed by atoms with Gasteiger partial charge in [-0.3, -0.25) is 4.79 Å². The average Bonchev–Trinajstić information content (AvgIpc) is 3.05. The van der Waals surface area contributed by atoms with Crippen LogP contribution in [0.4, 0.5) is 18.0 Å². The summed E-state index contributed by atoms with van der Waals surface area (Å²) >= 11 is 0. The van der Waals surface area contributed by atoms with Gasteiger partial charge in [-0.25, -0.2) is 9.59 Å². The fraction of sp³-hybridized carbons (Fsp3) is 0.318. The summed E-state index contributed by atoms with van der Waals surface area (Å²) in [5.74, 6) is -3.83. The Morgan fingerprint density at radius 1 is 1.03 bits per heavy atom. The highest BCUT2D eigenvalue weighted by molar-refractivity contribution is 5.91. The van der Waals surface area contributed by atoms with Crippen molar-refractivity contribution in [2.24, 2.45) is 0 Å². The third-order valence-electron chi connectivity index (χ3n) is 5.44. The summed E-state index contributed by atoms with van der Waals surface area (Å²) in [6.07, 6.45) is -6.25. The van der Waals surface area contributed by atoms with Crippen molar-refractivity contribution in [3.63, 3.8) is 0 Å². The SMILES string of the molecule is C[C@H](NC(=O)OCC1c2ccccc2-c2ccccc21)C(=O)NC(C)(C(=O)O)C(F)(F)F. The molecule has 32 heavy (non-hydrogen) atoms. The molecule has 0 heterocycles. The number of rotatable bonds is 6. The summed E-state index contributed by atoms with van der Waals surface area (Å²) in [6, 6.07) is 13.8. The van der Waals surface area contributed by atoms with Crippen molar-refractivity contribution in [1.29, 1.82) is 0 Å². The van der Waals surface area contributed by atoms with E-state index in [9.17, 15) is 27.6 Å². The lowest BCUT2D eigenvalue weighted by Crippen LogP contribution is -2.64. The number of amides is 2. The summed E-state index contributed by atoms with van der Waals surface area (Å²) in [5.41, 5.74) is 0.473. The Bertz CT molecular complexity index is 1010. The summed E-state index contributed by atoms with van der Waals surface area (Å²) in [4.78, 5) is 35.3. The van der Waals surface area contributed by atoms with Crippen LogP contribution in [-0.2, 0) is 14.3 Å². The van der Waals surface area contributed by atoms with Crippen LogP contribution in [0.3, 0.4) is 0 Å². The van der Waals surface area contributed by atoms with Gasteiger partial charge in [-0.2, -0.15) is 13.2 Å². The Morgan fingerprint density at radius 3 is 2.00 bits per heavy atom. The maximum absolute atomic E-state index is 13.1. The number of carboxylic acid groups (broad SMARTS) is 1. The number of benzene rings is 2. The van der Waals surface area contributed by atoms with E-state index in [1.54, 1.807) is 0 Å². The number of halogens is 3. The Balaban J connectivity index is 1.63. The Kier molecular flexibility index (Phi) is 6.16. The van der Waals surface area contributed by atoms with Gasteiger partial charge in [-0.15, -0.1) is 0 Å². The number of hydrogen-bond acceptors (Lipinski definition) is 4. The van der Waals surface area contributed by atoms with Gasteiger partial charge < -0.3 is 20.5 Å². The van der Waals surface area contributed by atoms with Crippen LogP contribution < -0.4 is 10.6 Å². The molecule has 170 valence electrons. The van der Waals surface area contributed by atoms with Gasteiger partial charge in [0, 0.05) is 5.92 Å². The van der Waals surface area contributed by atoms with E-state index in [1.807, 2.05) is 48.5 Å². The third-order valence-corrected chi connectivity index (χ3v) is 5.44. The molecule has 0 spiro atoms. The van der Waals surface area contributed by atoms with Crippen molar-refractivity contribution in [2.75, 3.05) is 6.61 Å². The molecule has 3 rings (SSSR count). The maximum Gasteiger partial charge on any atom is 0.422 e. The number of carbonyl (C=O) groups is 3. The molecule has 2 aromatic rings. The molecule has 1 aliphatic rings. The fourth-order valence-electron chi connectivity index (χ4n) is 3.48. The molecular weight excluding hydrogens is 429 g/mol. The van der Waals surface area contributed by atoms with Gasteiger partial charge >= 0.3 is 18.2 Å². The van der Waals surface area contributed by atoms with Crippen LogP contribution in [0.2, 0.25) is 0 Å². The lowest BCUT2D eigenvalue weighted by molar-refractivity contribution is -0.207. The molecule has 0 aromatic heterocycles. The Labute approximate surface area is 181 Å². The fourth-order valence-corrected chi connectivity index (χ4v) is 3.48. The van der Waals surface area contributed by atoms with Gasteiger partial charge in [0.05, 0.1) is 0 Å². The number of fused-ring (bicyclic) bond motifs is 3. The van der Waals surface area contributed by atoms with E-state index < -0.39 is 35.7 Å². The number of alkyl halides is 3. The average molecular weight is 450 g/mol. The molecule has 0 fully saturated rings. The molecule has 3 N–H and O–H groups in total. The summed E-state index contributed by atoms with van der Waals surface area (Å²) in [7, 11) is 0. The predicted molar refractivity (Wildman–Crippen MR) is 108 cm³/mol. The van der Waals surface area contributed by atoms with Gasteiger partial charge in [0.25, 0.3) is 0 Å². The zero-order chi connectivity index (χ0) is 23.7. The number of ether oxygens (including phenoxy) is 1. The van der Waals surface area contributed by atoms with Gasteiger partial charge in [0.2, 0.25) is 11.4 Å². The quantitative estimate of drug-likeness (QED) is 0.626. The molecule has 1 unspecified atom stereocenters.